The molecule has 0 spiro atoms. The number of nitro groups is 1. The predicted octanol–water partition coefficient (Wildman–Crippen LogP) is 3.80. The van der Waals surface area contributed by atoms with Crippen molar-refractivity contribution in [3.05, 3.63) is 28.3 Å². The lowest BCUT2D eigenvalue weighted by Crippen LogP contribution is -2.39. The van der Waals surface area contributed by atoms with Crippen LogP contribution in [0.15, 0.2) is 18.2 Å². The maximum atomic E-state index is 11.1. The Kier molecular flexibility index (Phi) is 4.82. The van der Waals surface area contributed by atoms with Crippen LogP contribution in [-0.2, 0) is 0 Å². The number of nitro benzene ring substituents is 1. The van der Waals surface area contributed by atoms with Crippen molar-refractivity contribution in [1.82, 2.24) is 0 Å². The summed E-state index contributed by atoms with van der Waals surface area (Å²) in [5.74, 6) is 0. The van der Waals surface area contributed by atoms with E-state index < -0.39 is 0 Å². The molecule has 1 aliphatic rings. The number of non-ortho nitro benzene ring substituents is 1. The van der Waals surface area contributed by atoms with Crippen molar-refractivity contribution in [3.63, 3.8) is 0 Å². The fourth-order valence-corrected chi connectivity index (χ4v) is 2.94. The SMILES string of the molecule is CCNc1cc(N2CCCCC2CC)cc([N+](=O)[O-])c1. The first kappa shape index (κ1) is 14.6. The summed E-state index contributed by atoms with van der Waals surface area (Å²) < 4.78 is 0. The lowest BCUT2D eigenvalue weighted by Gasteiger charge is -2.37. The highest BCUT2D eigenvalue weighted by molar-refractivity contribution is 5.65. The van der Waals surface area contributed by atoms with Crippen molar-refractivity contribution in [2.75, 3.05) is 23.3 Å². The second-order valence-electron chi connectivity index (χ2n) is 5.28. The average Bonchev–Trinajstić information content (AvgIpc) is 2.47. The maximum absolute atomic E-state index is 11.1. The Morgan fingerprint density at radius 3 is 2.80 bits per heavy atom. The van der Waals surface area contributed by atoms with Gasteiger partial charge in [-0.3, -0.25) is 10.1 Å². The van der Waals surface area contributed by atoms with Crippen LogP contribution in [0.5, 0.6) is 0 Å². The van der Waals surface area contributed by atoms with E-state index >= 15 is 0 Å². The second-order valence-corrected chi connectivity index (χ2v) is 5.28. The molecule has 1 unspecified atom stereocenters. The molecule has 1 aromatic rings. The van der Waals surface area contributed by atoms with Gasteiger partial charge in [0.25, 0.3) is 5.69 Å². The molecule has 1 aromatic carbocycles. The Balaban J connectivity index is 2.35. The zero-order chi connectivity index (χ0) is 14.5. The van der Waals surface area contributed by atoms with Gasteiger partial charge in [-0.15, -0.1) is 0 Å². The van der Waals surface area contributed by atoms with Crippen molar-refractivity contribution < 1.29 is 4.92 Å². The minimum atomic E-state index is -0.310. The predicted molar refractivity (Wildman–Crippen MR) is 82.5 cm³/mol. The van der Waals surface area contributed by atoms with Gasteiger partial charge in [-0.1, -0.05) is 6.92 Å². The topological polar surface area (TPSA) is 58.4 Å². The molecule has 0 aromatic heterocycles. The molecular weight excluding hydrogens is 254 g/mol. The maximum Gasteiger partial charge on any atom is 0.273 e. The summed E-state index contributed by atoms with van der Waals surface area (Å²) in [6.45, 7) is 5.93. The van der Waals surface area contributed by atoms with Gasteiger partial charge in [0.15, 0.2) is 0 Å². The minimum Gasteiger partial charge on any atom is -0.385 e. The van der Waals surface area contributed by atoms with Gasteiger partial charge in [0, 0.05) is 42.6 Å². The lowest BCUT2D eigenvalue weighted by atomic mass is 9.99. The summed E-state index contributed by atoms with van der Waals surface area (Å²) in [6, 6.07) is 5.84. The van der Waals surface area contributed by atoms with Crippen LogP contribution in [0.3, 0.4) is 0 Å². The molecule has 1 aliphatic heterocycles. The van der Waals surface area contributed by atoms with Crippen molar-refractivity contribution >= 4 is 17.1 Å². The number of piperidine rings is 1. The number of nitrogens with one attached hydrogen (secondary N) is 1. The first-order valence-corrected chi connectivity index (χ1v) is 7.45. The molecule has 0 amide bonds. The molecule has 1 saturated heterocycles. The minimum absolute atomic E-state index is 0.166. The van der Waals surface area contributed by atoms with Crippen molar-refractivity contribution in [3.8, 4) is 0 Å². The first-order chi connectivity index (χ1) is 9.65. The Bertz CT molecular complexity index is 476. The van der Waals surface area contributed by atoms with E-state index in [1.54, 1.807) is 12.1 Å². The summed E-state index contributed by atoms with van der Waals surface area (Å²) in [7, 11) is 0. The monoisotopic (exact) mass is 277 g/mol. The zero-order valence-corrected chi connectivity index (χ0v) is 12.3. The van der Waals surface area contributed by atoms with Gasteiger partial charge in [-0.05, 0) is 38.7 Å². The number of anilines is 2. The van der Waals surface area contributed by atoms with Gasteiger partial charge < -0.3 is 10.2 Å². The summed E-state index contributed by atoms with van der Waals surface area (Å²) in [5, 5.41) is 14.3. The van der Waals surface area contributed by atoms with E-state index in [4.69, 9.17) is 0 Å². The molecule has 2 rings (SSSR count). The molecule has 0 radical (unpaired) electrons. The quantitative estimate of drug-likeness (QED) is 0.657. The fraction of sp³-hybridized carbons (Fsp3) is 0.600. The molecule has 5 heteroatoms. The van der Waals surface area contributed by atoms with E-state index in [-0.39, 0.29) is 10.6 Å². The average molecular weight is 277 g/mol. The Labute approximate surface area is 120 Å². The molecule has 1 N–H and O–H groups in total. The van der Waals surface area contributed by atoms with E-state index in [0.717, 1.165) is 37.3 Å². The highest BCUT2D eigenvalue weighted by Crippen LogP contribution is 2.32. The van der Waals surface area contributed by atoms with E-state index in [2.05, 4.69) is 17.1 Å². The van der Waals surface area contributed by atoms with Gasteiger partial charge in [-0.25, -0.2) is 0 Å². The van der Waals surface area contributed by atoms with Crippen LogP contribution in [0.25, 0.3) is 0 Å². The van der Waals surface area contributed by atoms with Crippen LogP contribution < -0.4 is 10.2 Å². The van der Waals surface area contributed by atoms with Crippen LogP contribution in [0.2, 0.25) is 0 Å². The van der Waals surface area contributed by atoms with Crippen LogP contribution in [0.1, 0.15) is 39.5 Å². The van der Waals surface area contributed by atoms with Crippen molar-refractivity contribution in [2.45, 2.75) is 45.6 Å². The van der Waals surface area contributed by atoms with E-state index in [1.165, 1.54) is 12.8 Å². The van der Waals surface area contributed by atoms with Gasteiger partial charge >= 0.3 is 0 Å². The summed E-state index contributed by atoms with van der Waals surface area (Å²) in [5.41, 5.74) is 1.97. The number of nitrogens with zero attached hydrogens (tertiary/aromatic N) is 2. The fourth-order valence-electron chi connectivity index (χ4n) is 2.94. The number of hydrogen-bond donors (Lipinski definition) is 1. The molecule has 1 fully saturated rings. The lowest BCUT2D eigenvalue weighted by molar-refractivity contribution is -0.384. The molecule has 20 heavy (non-hydrogen) atoms. The smallest absolute Gasteiger partial charge is 0.273 e. The molecule has 0 aliphatic carbocycles. The van der Waals surface area contributed by atoms with Crippen molar-refractivity contribution in [1.29, 1.82) is 0 Å². The van der Waals surface area contributed by atoms with Crippen LogP contribution in [0.4, 0.5) is 17.1 Å². The second kappa shape index (κ2) is 6.59. The molecule has 1 atom stereocenters. The third-order valence-corrected chi connectivity index (χ3v) is 3.92. The van der Waals surface area contributed by atoms with Crippen molar-refractivity contribution in [2.24, 2.45) is 0 Å². The third kappa shape index (κ3) is 3.21. The van der Waals surface area contributed by atoms with Crippen LogP contribution >= 0.6 is 0 Å². The Morgan fingerprint density at radius 1 is 1.35 bits per heavy atom. The largest absolute Gasteiger partial charge is 0.385 e. The number of rotatable bonds is 5. The normalized spacial score (nSPS) is 18.9. The van der Waals surface area contributed by atoms with E-state index in [9.17, 15) is 10.1 Å². The van der Waals surface area contributed by atoms with Gasteiger partial charge in [0.1, 0.15) is 0 Å². The molecule has 0 bridgehead atoms. The summed E-state index contributed by atoms with van der Waals surface area (Å²) in [4.78, 5) is 13.1. The van der Waals surface area contributed by atoms with Crippen LogP contribution in [-0.4, -0.2) is 24.1 Å². The van der Waals surface area contributed by atoms with Crippen LogP contribution in [0, 0.1) is 10.1 Å². The first-order valence-electron chi connectivity index (χ1n) is 7.45. The standard InChI is InChI=1S/C15H23N3O2/c1-3-13-7-5-6-8-17(13)14-9-12(16-4-2)10-15(11-14)18(19)20/h9-11,13,16H,3-8H2,1-2H3. The van der Waals surface area contributed by atoms with Gasteiger partial charge in [0.2, 0.25) is 0 Å². The molecule has 0 saturated carbocycles. The van der Waals surface area contributed by atoms with Gasteiger partial charge in [0.05, 0.1) is 4.92 Å². The van der Waals surface area contributed by atoms with E-state index in [0.29, 0.717) is 6.04 Å². The number of benzene rings is 1. The van der Waals surface area contributed by atoms with Gasteiger partial charge in [-0.2, -0.15) is 0 Å². The highest BCUT2D eigenvalue weighted by atomic mass is 16.6. The summed E-state index contributed by atoms with van der Waals surface area (Å²) in [6.07, 6.45) is 4.68. The molecule has 5 nitrogen and oxygen atoms in total. The zero-order valence-electron chi connectivity index (χ0n) is 12.3. The molecule has 1 heterocycles. The highest BCUT2D eigenvalue weighted by Gasteiger charge is 2.23. The molecule has 110 valence electrons. The Hall–Kier alpha value is -1.78. The third-order valence-electron chi connectivity index (χ3n) is 3.92. The summed E-state index contributed by atoms with van der Waals surface area (Å²) >= 11 is 0. The number of hydrogen-bond acceptors (Lipinski definition) is 4. The molecular formula is C15H23N3O2. The Morgan fingerprint density at radius 2 is 2.15 bits per heavy atom. The van der Waals surface area contributed by atoms with E-state index in [1.807, 2.05) is 13.0 Å².